The van der Waals surface area contributed by atoms with Gasteiger partial charge in [-0.05, 0) is 0 Å². The van der Waals surface area contributed by atoms with Crippen molar-refractivity contribution in [2.45, 2.75) is 32.6 Å². The largest absolute Gasteiger partial charge is 1.00 e. The van der Waals surface area contributed by atoms with E-state index >= 15 is 0 Å². The van der Waals surface area contributed by atoms with E-state index in [4.69, 9.17) is 5.11 Å². The molecule has 0 heterocycles. The van der Waals surface area contributed by atoms with Gasteiger partial charge in [-0.1, -0.05) is 0 Å². The Morgan fingerprint density at radius 1 is 1.11 bits per heavy atom. The molecule has 1 N–H and O–H groups in total. The molecule has 0 atom stereocenters. The van der Waals surface area contributed by atoms with Gasteiger partial charge in [0.25, 0.3) is 0 Å². The topological polar surface area (TPSA) is 20.2 Å². The zero-order valence-electron chi connectivity index (χ0n) is 11.2. The molecule has 2 aliphatic carbocycles. The summed E-state index contributed by atoms with van der Waals surface area (Å²) in [7, 11) is 0. The first-order valence-corrected chi connectivity index (χ1v) is 10.0. The predicted octanol–water partition coefficient (Wildman–Crippen LogP) is -2.73. The van der Waals surface area contributed by atoms with Gasteiger partial charge in [0.2, 0.25) is 0 Å². The summed E-state index contributed by atoms with van der Waals surface area (Å²) in [6.07, 6.45) is 18.0. The molecular weight excluding hydrogens is 358 g/mol. The van der Waals surface area contributed by atoms with Gasteiger partial charge in [-0.25, -0.2) is 0 Å². The summed E-state index contributed by atoms with van der Waals surface area (Å²) in [5, 5.41) is 8.98. The fraction of sp³-hybridized carbons (Fsp3) is 0.400. The van der Waals surface area contributed by atoms with Crippen molar-refractivity contribution in [2.24, 2.45) is 0 Å². The van der Waals surface area contributed by atoms with Crippen molar-refractivity contribution >= 4 is 3.21 Å². The van der Waals surface area contributed by atoms with Crippen molar-refractivity contribution in [1.82, 2.24) is 0 Å². The quantitative estimate of drug-likeness (QED) is 0.551. The van der Waals surface area contributed by atoms with E-state index in [1.807, 2.05) is 0 Å². The van der Waals surface area contributed by atoms with Gasteiger partial charge in [-0.3, -0.25) is 0 Å². The average Bonchev–Trinajstić information content (AvgIpc) is 2.99. The van der Waals surface area contributed by atoms with Gasteiger partial charge in [-0.15, -0.1) is 0 Å². The van der Waals surface area contributed by atoms with E-state index < -0.39 is 21.3 Å². The van der Waals surface area contributed by atoms with Crippen LogP contribution in [0.15, 0.2) is 43.0 Å². The van der Waals surface area contributed by atoms with Crippen LogP contribution in [0.5, 0.6) is 0 Å². The van der Waals surface area contributed by atoms with Crippen LogP contribution in [-0.2, 0) is 21.3 Å². The van der Waals surface area contributed by atoms with Crippen LogP contribution >= 0.6 is 0 Å². The van der Waals surface area contributed by atoms with E-state index in [2.05, 4.69) is 43.4 Å². The van der Waals surface area contributed by atoms with Crippen LogP contribution in [0.2, 0.25) is 0 Å². The second-order valence-electron chi connectivity index (χ2n) is 4.63. The Morgan fingerprint density at radius 3 is 2.00 bits per heavy atom. The number of aliphatic hydroxyl groups is 1. The monoisotopic (exact) mass is 376 g/mol. The van der Waals surface area contributed by atoms with E-state index in [-0.39, 0.29) is 24.8 Å². The number of aliphatic hydroxyl groups excluding tert-OH is 1. The van der Waals surface area contributed by atoms with Crippen LogP contribution in [0.3, 0.4) is 0 Å². The number of hydrogen-bond donors (Lipinski definition) is 1. The molecule has 0 aromatic carbocycles. The minimum atomic E-state index is -1.71. The molecule has 0 radical (unpaired) electrons. The Balaban J connectivity index is 0.00000162. The minimum absolute atomic E-state index is 0. The molecule has 2 rings (SSSR count). The van der Waals surface area contributed by atoms with E-state index in [1.165, 1.54) is 12.8 Å². The number of halogens is 2. The fourth-order valence-electron chi connectivity index (χ4n) is 2.49. The summed E-state index contributed by atoms with van der Waals surface area (Å²) >= 11 is -1.71. The van der Waals surface area contributed by atoms with Crippen LogP contribution in [0.4, 0.5) is 0 Å². The summed E-state index contributed by atoms with van der Waals surface area (Å²) < 4.78 is 5.10. The van der Waals surface area contributed by atoms with Crippen LogP contribution in [-0.4, -0.2) is 14.9 Å². The smallest absolute Gasteiger partial charge is 1.00 e. The van der Waals surface area contributed by atoms with Crippen molar-refractivity contribution in [3.8, 4) is 0 Å². The number of rotatable bonds is 5. The maximum absolute atomic E-state index is 8.98. The molecule has 1 nitrogen and oxygen atoms in total. The Labute approximate surface area is 136 Å². The van der Waals surface area contributed by atoms with Crippen LogP contribution < -0.4 is 24.8 Å². The number of hydrogen-bond acceptors (Lipinski definition) is 1. The second-order valence-corrected chi connectivity index (χ2v) is 11.7. The Morgan fingerprint density at radius 2 is 1.63 bits per heavy atom. The van der Waals surface area contributed by atoms with Crippen molar-refractivity contribution in [3.63, 3.8) is 0 Å². The molecule has 0 amide bonds. The zero-order chi connectivity index (χ0) is 12.1. The molecule has 0 aliphatic heterocycles. The van der Waals surface area contributed by atoms with Gasteiger partial charge < -0.3 is 24.8 Å². The first-order chi connectivity index (χ1) is 8.33. The normalized spacial score (nSPS) is 15.0. The van der Waals surface area contributed by atoms with Crippen molar-refractivity contribution in [3.05, 3.63) is 43.0 Å². The van der Waals surface area contributed by atoms with Gasteiger partial charge in [0, 0.05) is 0 Å². The first kappa shape index (κ1) is 19.3. The van der Waals surface area contributed by atoms with Crippen LogP contribution in [0.1, 0.15) is 32.6 Å². The van der Waals surface area contributed by atoms with Gasteiger partial charge in [0.05, 0.1) is 0 Å². The van der Waals surface area contributed by atoms with Gasteiger partial charge in [0.15, 0.2) is 0 Å². The molecule has 19 heavy (non-hydrogen) atoms. The van der Waals surface area contributed by atoms with Crippen molar-refractivity contribution < 1.29 is 51.2 Å². The zero-order valence-corrected chi connectivity index (χ0v) is 15.2. The third-order valence-corrected chi connectivity index (χ3v) is 11.0. The third-order valence-electron chi connectivity index (χ3n) is 3.32. The van der Waals surface area contributed by atoms with Gasteiger partial charge in [0.1, 0.15) is 0 Å². The van der Waals surface area contributed by atoms with E-state index in [1.54, 1.807) is 9.77 Å². The van der Waals surface area contributed by atoms with E-state index in [0.29, 0.717) is 6.61 Å². The number of allylic oxidation sites excluding steroid dienone is 8. The van der Waals surface area contributed by atoms with E-state index in [0.717, 1.165) is 12.8 Å². The molecule has 0 unspecified atom stereocenters. The third kappa shape index (κ3) is 5.27. The molecule has 0 bridgehead atoms. The molecule has 0 aromatic rings. The molecule has 0 saturated heterocycles. The first-order valence-electron chi connectivity index (χ1n) is 6.35. The standard InChI is InChI=1S/C5H10O.2C5H5.2ClH.Zr/c1-2-3-4-5-6;2*1-2-4-5-3-1;;;/h6H,3-5H2,1H3;2*1-3H,4H2;2*1H;/q;;;;;+2/p-2. The van der Waals surface area contributed by atoms with Crippen LogP contribution in [0.25, 0.3) is 0 Å². The maximum Gasteiger partial charge on any atom is -1.00 e. The summed E-state index contributed by atoms with van der Waals surface area (Å²) in [6.45, 7) is 2.64. The van der Waals surface area contributed by atoms with Gasteiger partial charge in [-0.2, -0.15) is 0 Å². The average molecular weight is 378 g/mol. The molecule has 0 spiro atoms. The molecule has 2 aliphatic rings. The Kier molecular flexibility index (Phi) is 10.2. The van der Waals surface area contributed by atoms with Gasteiger partial charge >= 0.3 is 112 Å². The molecule has 0 fully saturated rings. The maximum atomic E-state index is 8.98. The molecular formula is C15H20Cl2OZr. The summed E-state index contributed by atoms with van der Waals surface area (Å²) in [4.78, 5) is 0. The Bertz CT molecular complexity index is 413. The minimum Gasteiger partial charge on any atom is -1.00 e. The van der Waals surface area contributed by atoms with Crippen molar-refractivity contribution in [1.29, 1.82) is 0 Å². The molecule has 0 saturated carbocycles. The summed E-state index contributed by atoms with van der Waals surface area (Å²) in [5.74, 6) is 0. The van der Waals surface area contributed by atoms with Crippen LogP contribution in [0, 0.1) is 0 Å². The van der Waals surface area contributed by atoms with E-state index in [9.17, 15) is 0 Å². The second kappa shape index (κ2) is 10.0. The SMILES string of the molecule is C[C](CCCO)=[Zr+2]([C]1=CC=CC1)[C]1=CC=CC1.[Cl-].[Cl-]. The summed E-state index contributed by atoms with van der Waals surface area (Å²) in [5.41, 5.74) is 0. The fourth-order valence-corrected chi connectivity index (χ4v) is 10.1. The molecule has 0 aromatic heterocycles. The van der Waals surface area contributed by atoms with Crippen molar-refractivity contribution in [2.75, 3.05) is 6.61 Å². The Hall–Kier alpha value is 0.253. The predicted molar refractivity (Wildman–Crippen MR) is 70.7 cm³/mol. The molecule has 4 heteroatoms. The molecule has 104 valence electrons. The summed E-state index contributed by atoms with van der Waals surface area (Å²) in [6, 6.07) is 0.